The molecule has 0 spiro atoms. The average Bonchev–Trinajstić information content (AvgIpc) is 3.34. The minimum Gasteiger partial charge on any atom is -0.478 e. The number of non-ortho nitro benzene ring substituents is 1. The number of benzene rings is 2. The van der Waals surface area contributed by atoms with Crippen molar-refractivity contribution in [2.24, 2.45) is 5.10 Å². The first-order chi connectivity index (χ1) is 15.2. The number of hydrazone groups is 1. The summed E-state index contributed by atoms with van der Waals surface area (Å²) in [7, 11) is 0. The molecule has 10 heteroatoms. The van der Waals surface area contributed by atoms with Crippen molar-refractivity contribution in [3.63, 3.8) is 0 Å². The molecule has 0 radical (unpaired) electrons. The van der Waals surface area contributed by atoms with E-state index in [-0.39, 0.29) is 27.5 Å². The third kappa shape index (κ3) is 3.88. The van der Waals surface area contributed by atoms with Crippen molar-refractivity contribution in [2.45, 2.75) is 6.92 Å². The van der Waals surface area contributed by atoms with Crippen LogP contribution in [0.25, 0.3) is 17.4 Å². The third-order valence-electron chi connectivity index (χ3n) is 4.74. The van der Waals surface area contributed by atoms with Crippen LogP contribution in [0.3, 0.4) is 0 Å². The van der Waals surface area contributed by atoms with Gasteiger partial charge in [-0.2, -0.15) is 10.1 Å². The van der Waals surface area contributed by atoms with Gasteiger partial charge in [-0.3, -0.25) is 14.9 Å². The van der Waals surface area contributed by atoms with Crippen molar-refractivity contribution in [1.29, 1.82) is 0 Å². The van der Waals surface area contributed by atoms with Gasteiger partial charge in [-0.25, -0.2) is 4.79 Å². The van der Waals surface area contributed by atoms with Gasteiger partial charge in [-0.05, 0) is 43.3 Å². The van der Waals surface area contributed by atoms with Crippen molar-refractivity contribution >= 4 is 46.6 Å². The summed E-state index contributed by atoms with van der Waals surface area (Å²) < 4.78 is 5.75. The molecule has 0 unspecified atom stereocenters. The zero-order valence-corrected chi connectivity index (χ0v) is 17.2. The normalized spacial score (nSPS) is 14.7. The quantitative estimate of drug-likeness (QED) is 0.330. The highest BCUT2D eigenvalue weighted by Crippen LogP contribution is 2.30. The zero-order chi connectivity index (χ0) is 23.0. The predicted molar refractivity (Wildman–Crippen MR) is 118 cm³/mol. The van der Waals surface area contributed by atoms with Gasteiger partial charge in [-0.1, -0.05) is 23.7 Å². The zero-order valence-electron chi connectivity index (χ0n) is 16.5. The van der Waals surface area contributed by atoms with Gasteiger partial charge in [0.15, 0.2) is 0 Å². The molecule has 1 amide bonds. The Morgan fingerprint density at radius 2 is 2.00 bits per heavy atom. The number of nitrogens with zero attached hydrogens (tertiary/aromatic N) is 3. The van der Waals surface area contributed by atoms with E-state index in [1.54, 1.807) is 31.2 Å². The molecule has 1 N–H and O–H groups in total. The van der Waals surface area contributed by atoms with Crippen molar-refractivity contribution in [2.75, 3.05) is 5.01 Å². The molecule has 9 nitrogen and oxygen atoms in total. The van der Waals surface area contributed by atoms with Crippen LogP contribution in [0.2, 0.25) is 5.02 Å². The Balaban J connectivity index is 1.63. The van der Waals surface area contributed by atoms with Gasteiger partial charge in [0, 0.05) is 17.7 Å². The number of hydrogen-bond acceptors (Lipinski definition) is 6. The molecule has 1 aliphatic rings. The topological polar surface area (TPSA) is 126 Å². The molecule has 3 aromatic rings. The Morgan fingerprint density at radius 1 is 1.22 bits per heavy atom. The van der Waals surface area contributed by atoms with Gasteiger partial charge < -0.3 is 9.52 Å². The summed E-state index contributed by atoms with van der Waals surface area (Å²) >= 11 is 5.90. The highest BCUT2D eigenvalue weighted by molar-refractivity contribution is 6.34. The second-order valence-electron chi connectivity index (χ2n) is 6.84. The highest BCUT2D eigenvalue weighted by atomic mass is 35.5. The molecule has 0 atom stereocenters. The Bertz CT molecular complexity index is 1340. The van der Waals surface area contributed by atoms with Crippen LogP contribution in [0.4, 0.5) is 11.4 Å². The molecule has 0 bridgehead atoms. The molecular weight excluding hydrogens is 438 g/mol. The number of carboxylic acid groups (broad SMARTS) is 1. The fraction of sp³-hybridized carbons (Fsp3) is 0.0455. The summed E-state index contributed by atoms with van der Waals surface area (Å²) in [5.74, 6) is -0.923. The highest BCUT2D eigenvalue weighted by Gasteiger charge is 2.30. The maximum absolute atomic E-state index is 12.9. The van der Waals surface area contributed by atoms with Crippen LogP contribution in [-0.4, -0.2) is 27.6 Å². The first-order valence-electron chi connectivity index (χ1n) is 9.24. The van der Waals surface area contributed by atoms with E-state index < -0.39 is 16.8 Å². The summed E-state index contributed by atoms with van der Waals surface area (Å²) in [5.41, 5.74) is 1.25. The number of amides is 1. The number of hydrogen-bond donors (Lipinski definition) is 1. The van der Waals surface area contributed by atoms with Crippen LogP contribution in [-0.2, 0) is 4.79 Å². The second kappa shape index (κ2) is 8.12. The van der Waals surface area contributed by atoms with Crippen LogP contribution >= 0.6 is 11.6 Å². The monoisotopic (exact) mass is 451 g/mol. The number of aromatic carboxylic acids is 1. The lowest BCUT2D eigenvalue weighted by molar-refractivity contribution is -0.384. The first kappa shape index (κ1) is 21.0. The summed E-state index contributed by atoms with van der Waals surface area (Å²) in [6.45, 7) is 1.64. The summed E-state index contributed by atoms with van der Waals surface area (Å²) in [6.07, 6.45) is 1.51. The molecule has 0 saturated heterocycles. The molecule has 1 aliphatic heterocycles. The summed E-state index contributed by atoms with van der Waals surface area (Å²) in [5, 5.41) is 25.6. The first-order valence-corrected chi connectivity index (χ1v) is 9.61. The number of halogens is 1. The SMILES string of the molecule is CC1=NN(c2ccc(Cl)c(C(=O)O)c2)C(=O)/C1=C/c1ccc(-c2cccc([N+](=O)[O-])c2)o1. The van der Waals surface area contributed by atoms with E-state index in [0.29, 0.717) is 22.8 Å². The fourth-order valence-corrected chi connectivity index (χ4v) is 3.37. The van der Waals surface area contributed by atoms with E-state index in [9.17, 15) is 24.8 Å². The van der Waals surface area contributed by atoms with E-state index in [0.717, 1.165) is 5.01 Å². The molecule has 0 fully saturated rings. The van der Waals surface area contributed by atoms with E-state index in [2.05, 4.69) is 5.10 Å². The van der Waals surface area contributed by atoms with Gasteiger partial charge >= 0.3 is 5.97 Å². The molecular formula is C22H14ClN3O6. The van der Waals surface area contributed by atoms with Crippen LogP contribution in [0.15, 0.2) is 69.7 Å². The molecule has 0 saturated carbocycles. The number of nitro benzene ring substituents is 1. The number of anilines is 1. The maximum atomic E-state index is 12.9. The van der Waals surface area contributed by atoms with Crippen molar-refractivity contribution < 1.29 is 24.0 Å². The molecule has 4 rings (SSSR count). The molecule has 160 valence electrons. The smallest absolute Gasteiger partial charge is 0.337 e. The molecule has 0 aliphatic carbocycles. The van der Waals surface area contributed by atoms with Crippen LogP contribution in [0.5, 0.6) is 0 Å². The minimum absolute atomic E-state index is 0.0497. The number of nitro groups is 1. The molecule has 1 aromatic heterocycles. The molecule has 2 aromatic carbocycles. The average molecular weight is 452 g/mol. The van der Waals surface area contributed by atoms with Crippen LogP contribution in [0, 0.1) is 10.1 Å². The second-order valence-corrected chi connectivity index (χ2v) is 7.25. The van der Waals surface area contributed by atoms with Gasteiger partial charge in [0.2, 0.25) is 0 Å². The van der Waals surface area contributed by atoms with Gasteiger partial charge in [-0.15, -0.1) is 0 Å². The largest absolute Gasteiger partial charge is 0.478 e. The van der Waals surface area contributed by atoms with Gasteiger partial charge in [0.1, 0.15) is 11.5 Å². The Kier molecular flexibility index (Phi) is 5.33. The Hall–Kier alpha value is -4.24. The minimum atomic E-state index is -1.22. The number of furan rings is 1. The third-order valence-corrected chi connectivity index (χ3v) is 5.07. The summed E-state index contributed by atoms with van der Waals surface area (Å²) in [6, 6.07) is 13.5. The van der Waals surface area contributed by atoms with Gasteiger partial charge in [0.05, 0.1) is 32.5 Å². The van der Waals surface area contributed by atoms with E-state index >= 15 is 0 Å². The lowest BCUT2D eigenvalue weighted by atomic mass is 10.1. The molecule has 2 heterocycles. The van der Waals surface area contributed by atoms with Crippen molar-refractivity contribution in [3.8, 4) is 11.3 Å². The van der Waals surface area contributed by atoms with Gasteiger partial charge in [0.25, 0.3) is 11.6 Å². The van der Waals surface area contributed by atoms with Crippen molar-refractivity contribution in [3.05, 3.63) is 86.6 Å². The Morgan fingerprint density at radius 3 is 2.72 bits per heavy atom. The standard InChI is InChI=1S/C22H14ClN3O6/c1-12-17(21(27)25(24-12)14-5-7-19(23)18(10-14)22(28)29)11-16-6-8-20(32-16)13-3-2-4-15(9-13)26(30)31/h2-11H,1H3,(H,28,29)/b17-11+. The van der Waals surface area contributed by atoms with E-state index in [1.807, 2.05) is 0 Å². The maximum Gasteiger partial charge on any atom is 0.337 e. The summed E-state index contributed by atoms with van der Waals surface area (Å²) in [4.78, 5) is 34.8. The van der Waals surface area contributed by atoms with Crippen LogP contribution < -0.4 is 5.01 Å². The number of rotatable bonds is 5. The van der Waals surface area contributed by atoms with E-state index in [4.69, 9.17) is 16.0 Å². The number of carbonyl (C=O) groups excluding carboxylic acids is 1. The predicted octanol–water partition coefficient (Wildman–Crippen LogP) is 5.01. The number of carboxylic acids is 1. The van der Waals surface area contributed by atoms with Crippen molar-refractivity contribution in [1.82, 2.24) is 0 Å². The Labute approximate surface area is 186 Å². The fourth-order valence-electron chi connectivity index (χ4n) is 3.17. The number of carbonyl (C=O) groups is 2. The lowest BCUT2D eigenvalue weighted by Gasteiger charge is -2.12. The molecule has 32 heavy (non-hydrogen) atoms. The lowest BCUT2D eigenvalue weighted by Crippen LogP contribution is -2.21. The van der Waals surface area contributed by atoms with E-state index in [1.165, 1.54) is 36.4 Å². The van der Waals surface area contributed by atoms with Crippen LogP contribution in [0.1, 0.15) is 23.0 Å².